The molecule has 1 N–H and O–H groups in total. The van der Waals surface area contributed by atoms with Crippen LogP contribution in [-0.4, -0.2) is 19.2 Å². The maximum Gasteiger partial charge on any atom is 0.407 e. The summed E-state index contributed by atoms with van der Waals surface area (Å²) < 4.78 is 4.89. The van der Waals surface area contributed by atoms with Crippen molar-refractivity contribution in [2.45, 2.75) is 5.92 Å². The van der Waals surface area contributed by atoms with E-state index in [0.29, 0.717) is 18.2 Å². The molecule has 0 radical (unpaired) electrons. The highest BCUT2D eigenvalue weighted by Gasteiger charge is 2.20. The van der Waals surface area contributed by atoms with E-state index in [9.17, 15) is 4.79 Å². The molecule has 74 valence electrons. The quantitative estimate of drug-likeness (QED) is 0.773. The average molecular weight is 212 g/mol. The molecule has 3 nitrogen and oxygen atoms in total. The molecule has 2 rings (SSSR count). The van der Waals surface area contributed by atoms with Gasteiger partial charge in [0.15, 0.2) is 0 Å². The van der Waals surface area contributed by atoms with Crippen molar-refractivity contribution in [1.82, 2.24) is 5.32 Å². The molecule has 0 aromatic heterocycles. The number of hydrogen-bond acceptors (Lipinski definition) is 2. The van der Waals surface area contributed by atoms with E-state index in [4.69, 9.17) is 16.3 Å². The van der Waals surface area contributed by atoms with Crippen LogP contribution in [0, 0.1) is 0 Å². The molecule has 4 heteroatoms. The minimum Gasteiger partial charge on any atom is -0.449 e. The van der Waals surface area contributed by atoms with Crippen molar-refractivity contribution < 1.29 is 9.53 Å². The summed E-state index contributed by atoms with van der Waals surface area (Å²) >= 11 is 5.86. The van der Waals surface area contributed by atoms with E-state index in [1.807, 2.05) is 24.3 Å². The Morgan fingerprint density at radius 1 is 1.50 bits per heavy atom. The zero-order chi connectivity index (χ0) is 9.97. The molecule has 1 aromatic carbocycles. The molecule has 0 saturated carbocycles. The predicted octanol–water partition coefficient (Wildman–Crippen LogP) is 2.16. The largest absolute Gasteiger partial charge is 0.449 e. The van der Waals surface area contributed by atoms with Crippen molar-refractivity contribution in [3.8, 4) is 0 Å². The Morgan fingerprint density at radius 3 is 3.00 bits per heavy atom. The molecule has 0 aliphatic carbocycles. The number of carbonyl (C=O) groups is 1. The Kier molecular flexibility index (Phi) is 2.59. The van der Waals surface area contributed by atoms with Crippen LogP contribution in [0.1, 0.15) is 11.5 Å². The van der Waals surface area contributed by atoms with Gasteiger partial charge in [0.1, 0.15) is 6.61 Å². The molecule has 1 aliphatic heterocycles. The minimum absolute atomic E-state index is 0.200. The minimum atomic E-state index is -0.344. The molecule has 1 fully saturated rings. The fraction of sp³-hybridized carbons (Fsp3) is 0.300. The molecule has 1 amide bonds. The van der Waals surface area contributed by atoms with Crippen LogP contribution >= 0.6 is 11.6 Å². The second-order valence-corrected chi connectivity index (χ2v) is 3.67. The zero-order valence-electron chi connectivity index (χ0n) is 7.50. The molecule has 1 atom stereocenters. The van der Waals surface area contributed by atoms with Crippen molar-refractivity contribution in [3.63, 3.8) is 0 Å². The molecular formula is C10H10ClNO2. The first-order valence-corrected chi connectivity index (χ1v) is 4.79. The fourth-order valence-electron chi connectivity index (χ4n) is 1.47. The van der Waals surface area contributed by atoms with Gasteiger partial charge in [-0.3, -0.25) is 0 Å². The van der Waals surface area contributed by atoms with Crippen LogP contribution in [0.4, 0.5) is 4.79 Å². The predicted molar refractivity (Wildman–Crippen MR) is 53.5 cm³/mol. The monoisotopic (exact) mass is 211 g/mol. The Bertz CT molecular complexity index is 344. The van der Waals surface area contributed by atoms with Gasteiger partial charge in [0, 0.05) is 17.5 Å². The third kappa shape index (κ3) is 1.99. The first kappa shape index (κ1) is 9.34. The number of rotatable bonds is 1. The zero-order valence-corrected chi connectivity index (χ0v) is 8.25. The van der Waals surface area contributed by atoms with Crippen molar-refractivity contribution in [3.05, 3.63) is 34.9 Å². The molecule has 1 heterocycles. The van der Waals surface area contributed by atoms with Crippen molar-refractivity contribution in [1.29, 1.82) is 0 Å². The number of alkyl carbamates (subject to hydrolysis) is 1. The fourth-order valence-corrected chi connectivity index (χ4v) is 1.67. The smallest absolute Gasteiger partial charge is 0.407 e. The summed E-state index contributed by atoms with van der Waals surface area (Å²) in [5, 5.41) is 3.35. The van der Waals surface area contributed by atoms with Crippen molar-refractivity contribution in [2.75, 3.05) is 13.2 Å². The number of amides is 1. The summed E-state index contributed by atoms with van der Waals surface area (Å²) in [6.45, 7) is 1.03. The SMILES string of the molecule is O=C1NCC(c2cccc(Cl)c2)CO1. The van der Waals surface area contributed by atoms with E-state index in [2.05, 4.69) is 5.32 Å². The van der Waals surface area contributed by atoms with Crippen molar-refractivity contribution in [2.24, 2.45) is 0 Å². The van der Waals surface area contributed by atoms with Crippen molar-refractivity contribution >= 4 is 17.7 Å². The van der Waals surface area contributed by atoms with Gasteiger partial charge in [-0.2, -0.15) is 0 Å². The number of benzene rings is 1. The molecule has 1 aromatic rings. The number of nitrogens with one attached hydrogen (secondary N) is 1. The van der Waals surface area contributed by atoms with Gasteiger partial charge in [-0.1, -0.05) is 23.7 Å². The summed E-state index contributed by atoms with van der Waals surface area (Å²) in [4.78, 5) is 10.7. The standard InChI is InChI=1S/C10H10ClNO2/c11-9-3-1-2-7(4-9)8-5-12-10(13)14-6-8/h1-4,8H,5-6H2,(H,12,13). The Balaban J connectivity index is 2.12. The van der Waals surface area contributed by atoms with Gasteiger partial charge in [0.05, 0.1) is 0 Å². The Morgan fingerprint density at radius 2 is 2.36 bits per heavy atom. The van der Waals surface area contributed by atoms with E-state index >= 15 is 0 Å². The summed E-state index contributed by atoms with van der Waals surface area (Å²) in [6, 6.07) is 7.60. The average Bonchev–Trinajstić information content (AvgIpc) is 2.19. The number of cyclic esters (lactones) is 1. The van der Waals surface area contributed by atoms with E-state index in [1.54, 1.807) is 0 Å². The Hall–Kier alpha value is -1.22. The highest BCUT2D eigenvalue weighted by atomic mass is 35.5. The number of hydrogen-bond donors (Lipinski definition) is 1. The van der Waals surface area contributed by atoms with E-state index < -0.39 is 0 Å². The second-order valence-electron chi connectivity index (χ2n) is 3.23. The van der Waals surface area contributed by atoms with Gasteiger partial charge in [0.25, 0.3) is 0 Å². The lowest BCUT2D eigenvalue weighted by Gasteiger charge is -2.23. The lowest BCUT2D eigenvalue weighted by molar-refractivity contribution is 0.120. The second kappa shape index (κ2) is 3.88. The third-order valence-electron chi connectivity index (χ3n) is 2.23. The van der Waals surface area contributed by atoms with Gasteiger partial charge in [-0.25, -0.2) is 4.79 Å². The van der Waals surface area contributed by atoms with Gasteiger partial charge in [-0.05, 0) is 17.7 Å². The molecule has 1 unspecified atom stereocenters. The summed E-state index contributed by atoms with van der Waals surface area (Å²) in [5.41, 5.74) is 1.09. The maximum atomic E-state index is 10.7. The highest BCUT2D eigenvalue weighted by molar-refractivity contribution is 6.30. The van der Waals surface area contributed by atoms with Crippen LogP contribution in [0.25, 0.3) is 0 Å². The maximum absolute atomic E-state index is 10.7. The molecule has 0 bridgehead atoms. The summed E-state index contributed by atoms with van der Waals surface area (Å²) in [6.07, 6.45) is -0.344. The molecule has 1 aliphatic rings. The highest BCUT2D eigenvalue weighted by Crippen LogP contribution is 2.21. The first-order valence-electron chi connectivity index (χ1n) is 4.42. The van der Waals surface area contributed by atoms with E-state index in [-0.39, 0.29) is 12.0 Å². The number of halogens is 1. The van der Waals surface area contributed by atoms with Crippen LogP contribution in [0.2, 0.25) is 5.02 Å². The van der Waals surface area contributed by atoms with Gasteiger partial charge < -0.3 is 10.1 Å². The van der Waals surface area contributed by atoms with Crippen LogP contribution in [0.15, 0.2) is 24.3 Å². The summed E-state index contributed by atoms with van der Waals surface area (Å²) in [7, 11) is 0. The molecule has 14 heavy (non-hydrogen) atoms. The lowest BCUT2D eigenvalue weighted by Crippen LogP contribution is -2.37. The molecular weight excluding hydrogens is 202 g/mol. The topological polar surface area (TPSA) is 38.3 Å². The van der Waals surface area contributed by atoms with Crippen LogP contribution < -0.4 is 5.32 Å². The van der Waals surface area contributed by atoms with E-state index in [1.165, 1.54) is 0 Å². The van der Waals surface area contributed by atoms with E-state index in [0.717, 1.165) is 5.56 Å². The third-order valence-corrected chi connectivity index (χ3v) is 2.46. The first-order chi connectivity index (χ1) is 6.75. The molecule has 0 spiro atoms. The normalized spacial score (nSPS) is 21.2. The van der Waals surface area contributed by atoms with Gasteiger partial charge in [-0.15, -0.1) is 0 Å². The Labute approximate surface area is 87.0 Å². The number of carbonyl (C=O) groups excluding carboxylic acids is 1. The molecule has 1 saturated heterocycles. The number of ether oxygens (including phenoxy) is 1. The van der Waals surface area contributed by atoms with Gasteiger partial charge >= 0.3 is 6.09 Å². The van der Waals surface area contributed by atoms with Crippen LogP contribution in [0.3, 0.4) is 0 Å². The van der Waals surface area contributed by atoms with Crippen LogP contribution in [0.5, 0.6) is 0 Å². The summed E-state index contributed by atoms with van der Waals surface area (Å²) in [5.74, 6) is 0.200. The lowest BCUT2D eigenvalue weighted by atomic mass is 9.99. The van der Waals surface area contributed by atoms with Crippen LogP contribution in [-0.2, 0) is 4.74 Å². The van der Waals surface area contributed by atoms with Gasteiger partial charge in [0.2, 0.25) is 0 Å².